The van der Waals surface area contributed by atoms with Crippen LogP contribution in [0.3, 0.4) is 0 Å². The molecular formula is C16H12ClNO3. The average Bonchev–Trinajstić information content (AvgIpc) is 2.71. The van der Waals surface area contributed by atoms with E-state index in [-0.39, 0.29) is 12.2 Å². The molecule has 5 heteroatoms. The van der Waals surface area contributed by atoms with Gasteiger partial charge in [-0.3, -0.25) is 9.59 Å². The first-order valence-electron chi connectivity index (χ1n) is 6.43. The van der Waals surface area contributed by atoms with Gasteiger partial charge in [0.2, 0.25) is 0 Å². The van der Waals surface area contributed by atoms with Crippen LogP contribution in [0.15, 0.2) is 48.5 Å². The van der Waals surface area contributed by atoms with E-state index >= 15 is 0 Å². The number of para-hydroxylation sites is 1. The number of nitrogens with one attached hydrogen (secondary N) is 1. The highest BCUT2D eigenvalue weighted by Gasteiger charge is 2.46. The van der Waals surface area contributed by atoms with E-state index < -0.39 is 11.5 Å². The molecule has 1 amide bonds. The summed E-state index contributed by atoms with van der Waals surface area (Å²) in [6, 6.07) is 13.2. The van der Waals surface area contributed by atoms with Gasteiger partial charge in [-0.15, -0.1) is 0 Å². The van der Waals surface area contributed by atoms with Crippen LogP contribution in [0.2, 0.25) is 5.02 Å². The van der Waals surface area contributed by atoms with Crippen molar-refractivity contribution in [1.29, 1.82) is 0 Å². The summed E-state index contributed by atoms with van der Waals surface area (Å²) in [5.41, 5.74) is -0.516. The quantitative estimate of drug-likeness (QED) is 0.857. The lowest BCUT2D eigenvalue weighted by Crippen LogP contribution is -2.36. The van der Waals surface area contributed by atoms with Crippen molar-refractivity contribution in [3.63, 3.8) is 0 Å². The monoisotopic (exact) mass is 301 g/mol. The van der Waals surface area contributed by atoms with Crippen molar-refractivity contribution in [2.24, 2.45) is 0 Å². The van der Waals surface area contributed by atoms with Gasteiger partial charge in [0.05, 0.1) is 6.42 Å². The van der Waals surface area contributed by atoms with Crippen LogP contribution in [0.1, 0.15) is 22.3 Å². The number of hydrogen-bond donors (Lipinski definition) is 2. The molecule has 21 heavy (non-hydrogen) atoms. The molecule has 0 saturated heterocycles. The third kappa shape index (κ3) is 2.33. The number of carbonyl (C=O) groups excluding carboxylic acids is 2. The van der Waals surface area contributed by atoms with E-state index in [0.29, 0.717) is 21.8 Å². The van der Waals surface area contributed by atoms with Gasteiger partial charge in [0.15, 0.2) is 11.4 Å². The minimum atomic E-state index is -1.84. The highest BCUT2D eigenvalue weighted by atomic mass is 35.5. The zero-order chi connectivity index (χ0) is 15.0. The predicted molar refractivity (Wildman–Crippen MR) is 79.4 cm³/mol. The summed E-state index contributed by atoms with van der Waals surface area (Å²) in [6.07, 6.45) is -0.323. The molecule has 0 saturated carbocycles. The van der Waals surface area contributed by atoms with E-state index in [2.05, 4.69) is 5.32 Å². The second-order valence-corrected chi connectivity index (χ2v) is 5.41. The number of halogens is 1. The summed E-state index contributed by atoms with van der Waals surface area (Å²) in [5, 5.41) is 13.7. The molecule has 4 nitrogen and oxygen atoms in total. The number of aliphatic hydroxyl groups is 1. The summed E-state index contributed by atoms with van der Waals surface area (Å²) in [4.78, 5) is 24.4. The van der Waals surface area contributed by atoms with Crippen LogP contribution in [-0.2, 0) is 10.4 Å². The molecule has 0 spiro atoms. The van der Waals surface area contributed by atoms with Gasteiger partial charge >= 0.3 is 0 Å². The van der Waals surface area contributed by atoms with Crippen LogP contribution in [0.25, 0.3) is 0 Å². The molecule has 0 aliphatic carbocycles. The first-order valence-corrected chi connectivity index (χ1v) is 6.80. The van der Waals surface area contributed by atoms with Crippen LogP contribution in [0.4, 0.5) is 5.69 Å². The average molecular weight is 302 g/mol. The van der Waals surface area contributed by atoms with Crippen LogP contribution in [0.5, 0.6) is 0 Å². The van der Waals surface area contributed by atoms with Gasteiger partial charge in [0.1, 0.15) is 0 Å². The fourth-order valence-electron chi connectivity index (χ4n) is 2.47. The maximum Gasteiger partial charge on any atom is 0.261 e. The number of fused-ring (bicyclic) bond motifs is 1. The minimum Gasteiger partial charge on any atom is -0.375 e. The normalized spacial score (nSPS) is 20.0. The molecular weight excluding hydrogens is 290 g/mol. The fraction of sp³-hybridized carbons (Fsp3) is 0.125. The summed E-state index contributed by atoms with van der Waals surface area (Å²) in [5.74, 6) is -0.925. The highest BCUT2D eigenvalue weighted by Crippen LogP contribution is 2.38. The molecule has 2 aromatic rings. The lowest BCUT2D eigenvalue weighted by Gasteiger charge is -2.20. The third-order valence-electron chi connectivity index (χ3n) is 3.56. The van der Waals surface area contributed by atoms with Crippen molar-refractivity contribution < 1.29 is 14.7 Å². The smallest absolute Gasteiger partial charge is 0.261 e. The Hall–Kier alpha value is -2.17. The minimum absolute atomic E-state index is 0.323. The summed E-state index contributed by atoms with van der Waals surface area (Å²) in [7, 11) is 0. The number of carbonyl (C=O) groups is 2. The number of hydrogen-bond acceptors (Lipinski definition) is 3. The number of Topliss-reactive ketones (excluding diaryl/α,β-unsaturated/α-hetero) is 1. The number of benzene rings is 2. The maximum atomic E-state index is 12.3. The van der Waals surface area contributed by atoms with Crippen LogP contribution in [-0.4, -0.2) is 16.8 Å². The van der Waals surface area contributed by atoms with Crippen molar-refractivity contribution in [3.05, 3.63) is 64.7 Å². The summed E-state index contributed by atoms with van der Waals surface area (Å²) >= 11 is 5.86. The zero-order valence-electron chi connectivity index (χ0n) is 11.0. The zero-order valence-corrected chi connectivity index (χ0v) is 11.7. The molecule has 1 aliphatic heterocycles. The standard InChI is InChI=1S/C16H12ClNO3/c17-11-5-3-4-10(8-11)14(19)9-16(21)12-6-1-2-7-13(12)18-15(16)20/h1-8,21H,9H2,(H,18,20)/t16-/m0/s1. The summed E-state index contributed by atoms with van der Waals surface area (Å²) < 4.78 is 0. The number of ketones is 1. The lowest BCUT2D eigenvalue weighted by atomic mass is 9.88. The Kier molecular flexibility index (Phi) is 3.27. The van der Waals surface area contributed by atoms with Crippen molar-refractivity contribution >= 4 is 29.0 Å². The number of amides is 1. The van der Waals surface area contributed by atoms with Crippen molar-refractivity contribution in [3.8, 4) is 0 Å². The molecule has 1 atom stereocenters. The van der Waals surface area contributed by atoms with Gasteiger partial charge < -0.3 is 10.4 Å². The lowest BCUT2D eigenvalue weighted by molar-refractivity contribution is -0.133. The van der Waals surface area contributed by atoms with E-state index in [0.717, 1.165) is 0 Å². The maximum absolute atomic E-state index is 12.3. The third-order valence-corrected chi connectivity index (χ3v) is 3.79. The van der Waals surface area contributed by atoms with E-state index in [1.54, 1.807) is 42.5 Å². The first-order chi connectivity index (χ1) is 10.0. The largest absolute Gasteiger partial charge is 0.375 e. The van der Waals surface area contributed by atoms with Gasteiger partial charge in [0.25, 0.3) is 5.91 Å². The molecule has 0 bridgehead atoms. The molecule has 0 radical (unpaired) electrons. The van der Waals surface area contributed by atoms with Crippen molar-refractivity contribution in [2.45, 2.75) is 12.0 Å². The number of rotatable bonds is 3. The molecule has 2 N–H and O–H groups in total. The Labute approximate surface area is 126 Å². The van der Waals surface area contributed by atoms with Gasteiger partial charge in [-0.05, 0) is 18.2 Å². The molecule has 2 aromatic carbocycles. The molecule has 0 unspecified atom stereocenters. The first kappa shape index (κ1) is 13.8. The van der Waals surface area contributed by atoms with Gasteiger partial charge in [0, 0.05) is 21.8 Å². The Morgan fingerprint density at radius 1 is 1.19 bits per heavy atom. The molecule has 3 rings (SSSR count). The van der Waals surface area contributed by atoms with Crippen molar-refractivity contribution in [1.82, 2.24) is 0 Å². The van der Waals surface area contributed by atoms with Gasteiger partial charge in [-0.2, -0.15) is 0 Å². The molecule has 0 aromatic heterocycles. The fourth-order valence-corrected chi connectivity index (χ4v) is 2.66. The summed E-state index contributed by atoms with van der Waals surface area (Å²) in [6.45, 7) is 0. The highest BCUT2D eigenvalue weighted by molar-refractivity contribution is 6.31. The van der Waals surface area contributed by atoms with E-state index in [1.165, 1.54) is 6.07 Å². The molecule has 106 valence electrons. The van der Waals surface area contributed by atoms with Crippen LogP contribution >= 0.6 is 11.6 Å². The van der Waals surface area contributed by atoms with Crippen molar-refractivity contribution in [2.75, 3.05) is 5.32 Å². The Balaban J connectivity index is 1.94. The topological polar surface area (TPSA) is 66.4 Å². The predicted octanol–water partition coefficient (Wildman–Crippen LogP) is 2.75. The SMILES string of the molecule is O=C(C[C@@]1(O)C(=O)Nc2ccccc21)c1cccc(Cl)c1. The molecule has 1 aliphatic rings. The van der Waals surface area contributed by atoms with Crippen LogP contribution in [0, 0.1) is 0 Å². The second kappa shape index (κ2) is 4.98. The number of anilines is 1. The van der Waals surface area contributed by atoms with E-state index in [1.807, 2.05) is 0 Å². The Bertz CT molecular complexity index is 744. The van der Waals surface area contributed by atoms with Crippen LogP contribution < -0.4 is 5.32 Å². The Morgan fingerprint density at radius 2 is 1.95 bits per heavy atom. The van der Waals surface area contributed by atoms with Gasteiger partial charge in [-0.25, -0.2) is 0 Å². The molecule has 1 heterocycles. The van der Waals surface area contributed by atoms with E-state index in [9.17, 15) is 14.7 Å². The Morgan fingerprint density at radius 3 is 2.71 bits per heavy atom. The second-order valence-electron chi connectivity index (χ2n) is 4.97. The van der Waals surface area contributed by atoms with Gasteiger partial charge in [-0.1, -0.05) is 41.9 Å². The molecule has 0 fully saturated rings. The van der Waals surface area contributed by atoms with E-state index in [4.69, 9.17) is 11.6 Å².